The number of aliphatic hydroxyl groups excluding tert-OH is 2. The van der Waals surface area contributed by atoms with Gasteiger partial charge in [-0.15, -0.1) is 18.6 Å². The molecule has 0 saturated heterocycles. The van der Waals surface area contributed by atoms with E-state index in [2.05, 4.69) is 52.6 Å². The fraction of sp³-hybridized carbons (Fsp3) is 0.415. The van der Waals surface area contributed by atoms with Crippen LogP contribution in [-0.4, -0.2) is 107 Å². The topological polar surface area (TPSA) is 316 Å². The SMILES string of the molecule is C.C.C.C=CC.C=CS(=O)(=O)CCC.C=CS(=O)(=O)CCC.C=CS(=O)(=O)CCOc1ccc(C(=O)O)cc1.C=C[S-](=O)=O.CCO.CCOP.NCO.O=C(O)c1ccc(O)cc1.[W]. The van der Waals surface area contributed by atoms with Crippen molar-refractivity contribution in [1.82, 2.24) is 0 Å². The minimum atomic E-state index is -3.27. The molecule has 24 heteroatoms. The van der Waals surface area contributed by atoms with Crippen LogP contribution in [0.25, 0.3) is 0 Å². The van der Waals surface area contributed by atoms with Crippen LogP contribution < -0.4 is 10.5 Å². The van der Waals surface area contributed by atoms with Gasteiger partial charge in [-0.2, -0.15) is 0 Å². The summed E-state index contributed by atoms with van der Waals surface area (Å²) >= 11 is 0. The molecule has 0 heterocycles. The molecule has 0 spiro atoms. The number of ether oxygens (including phenoxy) is 1. The van der Waals surface area contributed by atoms with Gasteiger partial charge in [0.1, 0.15) is 18.1 Å². The molecule has 0 saturated carbocycles. The quantitative estimate of drug-likeness (QED) is 0.0433. The summed E-state index contributed by atoms with van der Waals surface area (Å²) in [5, 5.41) is 44.4. The summed E-state index contributed by atoms with van der Waals surface area (Å²) in [5.74, 6) is -1.23. The van der Waals surface area contributed by atoms with Crippen LogP contribution in [0, 0.1) is 0 Å². The summed E-state index contributed by atoms with van der Waals surface area (Å²) in [6.45, 7) is 25.7. The first-order valence-corrected chi connectivity index (χ1v) is 24.1. The molecule has 384 valence electrons. The van der Waals surface area contributed by atoms with Crippen molar-refractivity contribution in [2.75, 3.05) is 43.8 Å². The van der Waals surface area contributed by atoms with Crippen molar-refractivity contribution in [3.05, 3.63) is 120 Å². The average Bonchev–Trinajstić information content (AvgIpc) is 3.20. The van der Waals surface area contributed by atoms with Crippen molar-refractivity contribution in [3.8, 4) is 11.5 Å². The second-order valence-electron chi connectivity index (χ2n) is 9.92. The molecule has 2 aromatic carbocycles. The van der Waals surface area contributed by atoms with Crippen LogP contribution in [0.1, 0.15) is 90.5 Å². The molecule has 7 N–H and O–H groups in total. The number of hydrogen-bond acceptors (Lipinski definition) is 17. The summed E-state index contributed by atoms with van der Waals surface area (Å²) in [6.07, 6.45) is 3.07. The van der Waals surface area contributed by atoms with E-state index in [0.717, 1.165) is 28.2 Å². The van der Waals surface area contributed by atoms with E-state index in [1.807, 2.05) is 27.7 Å². The molecule has 1 atom stereocenters. The van der Waals surface area contributed by atoms with Gasteiger partial charge in [0.2, 0.25) is 0 Å². The number of aromatic carboxylic acids is 2. The number of rotatable bonds is 15. The molecule has 18 nitrogen and oxygen atoms in total. The van der Waals surface area contributed by atoms with Crippen LogP contribution in [0.2, 0.25) is 0 Å². The van der Waals surface area contributed by atoms with E-state index >= 15 is 0 Å². The third-order valence-electron chi connectivity index (χ3n) is 4.89. The maximum absolute atomic E-state index is 11.1. The average molecular weight is 1200 g/mol. The molecule has 0 fully saturated rings. The number of allylic oxidation sites excluding steroid dienone is 1. The van der Waals surface area contributed by atoms with Gasteiger partial charge in [-0.05, 0) is 82.1 Å². The summed E-state index contributed by atoms with van der Waals surface area (Å²) in [5.41, 5.74) is 4.73. The number of nitrogens with two attached hydrogens (primary N) is 1. The Kier molecular flexibility index (Phi) is 82.0. The summed E-state index contributed by atoms with van der Waals surface area (Å²) in [6, 6.07) is 11.1. The van der Waals surface area contributed by atoms with E-state index < -0.39 is 52.2 Å². The molecule has 0 aliphatic heterocycles. The Labute approximate surface area is 409 Å². The predicted molar refractivity (Wildman–Crippen MR) is 267 cm³/mol. The number of aromatic hydroxyl groups is 1. The van der Waals surface area contributed by atoms with Gasteiger partial charge in [-0.25, -0.2) is 34.8 Å². The largest absolute Gasteiger partial charge is 0.508 e. The number of hydrogen-bond donors (Lipinski definition) is 6. The van der Waals surface area contributed by atoms with Gasteiger partial charge in [0.25, 0.3) is 0 Å². The van der Waals surface area contributed by atoms with Gasteiger partial charge in [0, 0.05) is 60.0 Å². The van der Waals surface area contributed by atoms with Crippen LogP contribution in [-0.2, 0) is 74.2 Å². The molecule has 0 bridgehead atoms. The van der Waals surface area contributed by atoms with Crippen LogP contribution in [0.5, 0.6) is 11.5 Å². The van der Waals surface area contributed by atoms with E-state index in [-0.39, 0.29) is 97.4 Å². The minimum Gasteiger partial charge on any atom is -0.508 e. The third kappa shape index (κ3) is 78.0. The first-order valence-electron chi connectivity index (χ1n) is 17.4. The molecule has 65 heavy (non-hydrogen) atoms. The Bertz CT molecular complexity index is 1810. The Morgan fingerprint density at radius 1 is 0.692 bits per heavy atom. The predicted octanol–water partition coefficient (Wildman–Crippen LogP) is 7.57. The van der Waals surface area contributed by atoms with Gasteiger partial charge >= 0.3 is 11.9 Å². The Hall–Kier alpha value is -3.56. The Balaban J connectivity index is -0.0000000597. The van der Waals surface area contributed by atoms with Gasteiger partial charge in [-0.3, -0.25) is 0 Å². The zero-order valence-electron chi connectivity index (χ0n) is 35.7. The number of benzene rings is 2. The number of aliphatic hydroxyl groups is 2. The monoisotopic (exact) mass is 1200 g/mol. The number of carbonyl (C=O) groups is 2. The van der Waals surface area contributed by atoms with E-state index in [0.29, 0.717) is 18.6 Å². The molecule has 2 rings (SSSR count). The fourth-order valence-electron chi connectivity index (χ4n) is 2.39. The van der Waals surface area contributed by atoms with Crippen molar-refractivity contribution >= 4 is 61.6 Å². The maximum Gasteiger partial charge on any atom is 0.335 e. The van der Waals surface area contributed by atoms with Crippen molar-refractivity contribution in [2.24, 2.45) is 5.73 Å². The van der Waals surface area contributed by atoms with Gasteiger partial charge in [0.05, 0.1) is 35.1 Å². The molecule has 1 unspecified atom stereocenters. The maximum atomic E-state index is 11.1. The Morgan fingerprint density at radius 3 is 1.12 bits per heavy atom. The van der Waals surface area contributed by atoms with Crippen molar-refractivity contribution in [2.45, 2.75) is 69.7 Å². The number of phenolic OH excluding ortho intramolecular Hbond substituents is 1. The molecule has 0 radical (unpaired) electrons. The van der Waals surface area contributed by atoms with Crippen molar-refractivity contribution in [3.63, 3.8) is 0 Å². The second-order valence-corrected chi connectivity index (χ2v) is 17.3. The van der Waals surface area contributed by atoms with Crippen LogP contribution in [0.4, 0.5) is 0 Å². The zero-order valence-corrected chi connectivity index (χ0v) is 43.1. The fourth-order valence-corrected chi connectivity index (χ4v) is 4.35. The molecule has 0 amide bonds. The number of carboxylic acids is 2. The van der Waals surface area contributed by atoms with Gasteiger partial charge < -0.3 is 48.9 Å². The standard InChI is InChI=1S/C11H12O5S.C7H6O3.2C5H10O2S.C3H6.C2H3O2S.C2H7OP.C2H6O.CH5NO.3CH4.W/c1-2-17(14,15)8-7-16-10-5-3-9(4-6-10)11(12)13;8-6-3-1-5(2-4-6)7(9)10;2*1-3-5-8(6,7)4-2;1-3-2;1-2-5(3)4;1-2-3-4;1-2-3;2-1-3;;;;/h2-6H,1,7-8H2,(H,12,13);1-4,8H,(H,9,10);2*4H,2-3,5H2,1H3;3H,1H2,2H3;2H,1H2;2,4H2,1H3;3H,2H2,1H3;3H,1-2H2;3*1H4;/q;;;;;-1;;;;;;;. The van der Waals surface area contributed by atoms with Gasteiger partial charge in [-0.1, -0.05) is 72.6 Å². The molecular formula is C41H77NO17PS4W-. The van der Waals surface area contributed by atoms with E-state index in [9.17, 15) is 43.3 Å². The third-order valence-corrected chi connectivity index (χ3v) is 9.71. The van der Waals surface area contributed by atoms with Crippen LogP contribution in [0.3, 0.4) is 0 Å². The second kappa shape index (κ2) is 60.4. The van der Waals surface area contributed by atoms with E-state index in [1.165, 1.54) is 48.5 Å². The first kappa shape index (κ1) is 88.2. The zero-order chi connectivity index (χ0) is 49.5. The first-order chi connectivity index (χ1) is 28.3. The van der Waals surface area contributed by atoms with Crippen molar-refractivity contribution in [1.29, 1.82) is 0 Å². The molecule has 2 aromatic rings. The molecule has 0 aromatic heterocycles. The van der Waals surface area contributed by atoms with Crippen LogP contribution >= 0.6 is 9.47 Å². The molecular weight excluding hydrogens is 1120 g/mol. The number of carboxylic acid groups (broad SMARTS) is 2. The van der Waals surface area contributed by atoms with E-state index in [4.69, 9.17) is 30.3 Å². The smallest absolute Gasteiger partial charge is 0.335 e. The summed E-state index contributed by atoms with van der Waals surface area (Å²) in [7, 11) is -8.98. The van der Waals surface area contributed by atoms with Crippen molar-refractivity contribution < 1.29 is 99.1 Å². The number of sulfone groups is 3. The molecule has 0 aliphatic rings. The number of phenols is 1. The van der Waals surface area contributed by atoms with E-state index in [1.54, 1.807) is 13.0 Å². The minimum absolute atomic E-state index is 0. The summed E-state index contributed by atoms with van der Waals surface area (Å²) < 4.78 is 92.2. The summed E-state index contributed by atoms with van der Waals surface area (Å²) in [4.78, 5) is 20.8. The Morgan fingerprint density at radius 2 is 0.938 bits per heavy atom. The van der Waals surface area contributed by atoms with Crippen LogP contribution in [0.15, 0.2) is 109 Å². The van der Waals surface area contributed by atoms with Gasteiger partial charge in [0.15, 0.2) is 29.5 Å². The molecule has 0 aliphatic carbocycles. The normalized spacial score (nSPS) is 8.83.